The third-order valence-corrected chi connectivity index (χ3v) is 5.06. The number of rotatable bonds is 10. The average Bonchev–Trinajstić information content (AvgIpc) is 3.48. The highest BCUT2D eigenvalue weighted by Gasteiger charge is 2.12. The quantitative estimate of drug-likeness (QED) is 0.405. The molecule has 2 aromatic heterocycles. The summed E-state index contributed by atoms with van der Waals surface area (Å²) in [4.78, 5) is 12.4. The molecule has 2 heterocycles. The highest BCUT2D eigenvalue weighted by molar-refractivity contribution is 5.91. The van der Waals surface area contributed by atoms with Crippen LogP contribution in [0.2, 0.25) is 0 Å². The number of hydrogen-bond acceptors (Lipinski definition) is 6. The lowest BCUT2D eigenvalue weighted by Crippen LogP contribution is -2.12. The highest BCUT2D eigenvalue weighted by atomic mass is 16.5. The van der Waals surface area contributed by atoms with E-state index in [0.717, 1.165) is 41.2 Å². The molecule has 0 aliphatic rings. The van der Waals surface area contributed by atoms with Crippen LogP contribution >= 0.6 is 0 Å². The van der Waals surface area contributed by atoms with Crippen LogP contribution in [0.15, 0.2) is 71.5 Å². The van der Waals surface area contributed by atoms with Gasteiger partial charge in [0.2, 0.25) is 5.91 Å². The van der Waals surface area contributed by atoms with Crippen molar-refractivity contribution in [1.82, 2.24) is 20.2 Å². The van der Waals surface area contributed by atoms with Gasteiger partial charge < -0.3 is 14.6 Å². The van der Waals surface area contributed by atoms with Gasteiger partial charge in [-0.25, -0.2) is 4.68 Å². The molecular formula is C24H25N5O3. The van der Waals surface area contributed by atoms with E-state index < -0.39 is 0 Å². The maximum absolute atomic E-state index is 12.4. The van der Waals surface area contributed by atoms with Crippen LogP contribution in [-0.4, -0.2) is 32.7 Å². The second kappa shape index (κ2) is 10.4. The molecule has 8 heteroatoms. The third-order valence-electron chi connectivity index (χ3n) is 5.06. The van der Waals surface area contributed by atoms with Gasteiger partial charge in [-0.15, -0.1) is 5.10 Å². The highest BCUT2D eigenvalue weighted by Crippen LogP contribution is 2.24. The Kier molecular flexibility index (Phi) is 6.91. The molecule has 2 aromatic carbocycles. The fourth-order valence-corrected chi connectivity index (χ4v) is 3.38. The van der Waals surface area contributed by atoms with E-state index in [4.69, 9.17) is 9.26 Å². The van der Waals surface area contributed by atoms with Gasteiger partial charge in [0.15, 0.2) is 5.76 Å². The normalized spacial score (nSPS) is 10.8. The number of hydrogen-bond donors (Lipinski definition) is 1. The molecule has 0 unspecified atom stereocenters. The first-order valence-corrected chi connectivity index (χ1v) is 10.6. The SMILES string of the molecule is CCn1nncc1CCOc1ccc(NC(=O)CCc2cnoc2-c2ccccc2)cc1. The number of amides is 1. The standard InChI is InChI=1S/C24H25N5O3/c1-2-29-21(17-25-28-29)14-15-31-22-11-9-20(10-12-22)27-23(30)13-8-19-16-26-32-24(19)18-6-4-3-5-7-18/h3-7,9-12,16-17H,2,8,13-15H2,1H3,(H,27,30). The van der Waals surface area contributed by atoms with E-state index in [0.29, 0.717) is 25.2 Å². The Hall–Kier alpha value is -3.94. The summed E-state index contributed by atoms with van der Waals surface area (Å²) in [5, 5.41) is 14.7. The van der Waals surface area contributed by atoms with Gasteiger partial charge in [0, 0.05) is 36.2 Å². The lowest BCUT2D eigenvalue weighted by molar-refractivity contribution is -0.116. The van der Waals surface area contributed by atoms with Crippen molar-refractivity contribution in [2.75, 3.05) is 11.9 Å². The van der Waals surface area contributed by atoms with E-state index in [2.05, 4.69) is 20.8 Å². The maximum Gasteiger partial charge on any atom is 0.224 e. The molecule has 0 fully saturated rings. The lowest BCUT2D eigenvalue weighted by atomic mass is 10.1. The van der Waals surface area contributed by atoms with E-state index in [1.807, 2.05) is 66.2 Å². The predicted molar refractivity (Wildman–Crippen MR) is 120 cm³/mol. The first-order chi connectivity index (χ1) is 15.7. The van der Waals surface area contributed by atoms with Gasteiger partial charge in [-0.1, -0.05) is 40.7 Å². The summed E-state index contributed by atoms with van der Waals surface area (Å²) in [6.07, 6.45) is 5.04. The third kappa shape index (κ3) is 5.40. The smallest absolute Gasteiger partial charge is 0.224 e. The second-order valence-electron chi connectivity index (χ2n) is 7.26. The fraction of sp³-hybridized carbons (Fsp3) is 0.250. The topological polar surface area (TPSA) is 95.1 Å². The van der Waals surface area contributed by atoms with Crippen LogP contribution < -0.4 is 10.1 Å². The zero-order valence-corrected chi connectivity index (χ0v) is 17.9. The Bertz CT molecular complexity index is 1140. The number of anilines is 1. The van der Waals surface area contributed by atoms with Gasteiger partial charge in [0.05, 0.1) is 24.7 Å². The van der Waals surface area contributed by atoms with Crippen LogP contribution in [0.4, 0.5) is 5.69 Å². The van der Waals surface area contributed by atoms with Crippen LogP contribution in [0.5, 0.6) is 5.75 Å². The summed E-state index contributed by atoms with van der Waals surface area (Å²) in [5.41, 5.74) is 3.63. The molecule has 0 atom stereocenters. The second-order valence-corrected chi connectivity index (χ2v) is 7.26. The maximum atomic E-state index is 12.4. The van der Waals surface area contributed by atoms with Crippen molar-refractivity contribution in [2.45, 2.75) is 32.7 Å². The zero-order valence-electron chi connectivity index (χ0n) is 17.9. The van der Waals surface area contributed by atoms with Crippen molar-refractivity contribution in [3.8, 4) is 17.1 Å². The van der Waals surface area contributed by atoms with Gasteiger partial charge in [0.1, 0.15) is 5.75 Å². The number of nitrogens with one attached hydrogen (secondary N) is 1. The minimum atomic E-state index is -0.0702. The first kappa shape index (κ1) is 21.3. The molecule has 0 aliphatic carbocycles. The molecule has 1 N–H and O–H groups in total. The Morgan fingerprint density at radius 1 is 1.06 bits per heavy atom. The van der Waals surface area contributed by atoms with E-state index in [1.54, 1.807) is 12.4 Å². The minimum Gasteiger partial charge on any atom is -0.493 e. The van der Waals surface area contributed by atoms with E-state index in [1.165, 1.54) is 0 Å². The lowest BCUT2D eigenvalue weighted by Gasteiger charge is -2.09. The monoisotopic (exact) mass is 431 g/mol. The van der Waals surface area contributed by atoms with Crippen LogP contribution in [0.3, 0.4) is 0 Å². The average molecular weight is 431 g/mol. The molecule has 0 saturated carbocycles. The van der Waals surface area contributed by atoms with Gasteiger partial charge in [0.25, 0.3) is 0 Å². The zero-order chi connectivity index (χ0) is 22.2. The molecule has 0 saturated heterocycles. The summed E-state index contributed by atoms with van der Waals surface area (Å²) in [7, 11) is 0. The molecule has 8 nitrogen and oxygen atoms in total. The van der Waals surface area contributed by atoms with E-state index in [-0.39, 0.29) is 5.91 Å². The van der Waals surface area contributed by atoms with Crippen LogP contribution in [0.1, 0.15) is 24.6 Å². The molecule has 32 heavy (non-hydrogen) atoms. The minimum absolute atomic E-state index is 0.0702. The molecular weight excluding hydrogens is 406 g/mol. The molecule has 1 amide bonds. The Balaban J connectivity index is 1.24. The molecule has 0 spiro atoms. The van der Waals surface area contributed by atoms with E-state index in [9.17, 15) is 4.79 Å². The van der Waals surface area contributed by atoms with Crippen molar-refractivity contribution in [3.63, 3.8) is 0 Å². The van der Waals surface area contributed by atoms with Crippen molar-refractivity contribution >= 4 is 11.6 Å². The van der Waals surface area contributed by atoms with Crippen molar-refractivity contribution < 1.29 is 14.1 Å². The number of ether oxygens (including phenoxy) is 1. The summed E-state index contributed by atoms with van der Waals surface area (Å²) in [6.45, 7) is 3.34. The Labute approximate surface area is 186 Å². The predicted octanol–water partition coefficient (Wildman–Crippen LogP) is 4.15. The van der Waals surface area contributed by atoms with Crippen molar-refractivity contribution in [3.05, 3.63) is 78.2 Å². The van der Waals surface area contributed by atoms with Gasteiger partial charge in [-0.3, -0.25) is 4.79 Å². The summed E-state index contributed by atoms with van der Waals surface area (Å²) < 4.78 is 13.0. The number of nitrogens with zero attached hydrogens (tertiary/aromatic N) is 4. The van der Waals surface area contributed by atoms with Crippen LogP contribution in [0, 0.1) is 0 Å². The van der Waals surface area contributed by atoms with Crippen LogP contribution in [0.25, 0.3) is 11.3 Å². The summed E-state index contributed by atoms with van der Waals surface area (Å²) >= 11 is 0. The molecule has 4 rings (SSSR count). The fourth-order valence-electron chi connectivity index (χ4n) is 3.38. The van der Waals surface area contributed by atoms with Gasteiger partial charge >= 0.3 is 0 Å². The molecule has 0 bridgehead atoms. The molecule has 4 aromatic rings. The van der Waals surface area contributed by atoms with Crippen molar-refractivity contribution in [2.24, 2.45) is 0 Å². The first-order valence-electron chi connectivity index (χ1n) is 10.6. The summed E-state index contributed by atoms with van der Waals surface area (Å²) in [6, 6.07) is 17.1. The number of aromatic nitrogens is 4. The van der Waals surface area contributed by atoms with Gasteiger partial charge in [-0.05, 0) is 37.6 Å². The Morgan fingerprint density at radius 2 is 1.88 bits per heavy atom. The summed E-state index contributed by atoms with van der Waals surface area (Å²) in [5.74, 6) is 1.38. The molecule has 164 valence electrons. The molecule has 0 radical (unpaired) electrons. The number of aryl methyl sites for hydroxylation is 2. The number of benzene rings is 2. The largest absolute Gasteiger partial charge is 0.493 e. The van der Waals surface area contributed by atoms with Crippen molar-refractivity contribution in [1.29, 1.82) is 0 Å². The van der Waals surface area contributed by atoms with E-state index >= 15 is 0 Å². The number of carbonyl (C=O) groups is 1. The van der Waals surface area contributed by atoms with Crippen LogP contribution in [-0.2, 0) is 24.2 Å². The molecule has 0 aliphatic heterocycles. The van der Waals surface area contributed by atoms with Gasteiger partial charge in [-0.2, -0.15) is 0 Å². The number of carbonyl (C=O) groups excluding carboxylic acids is 1. The Morgan fingerprint density at radius 3 is 2.66 bits per heavy atom.